The molecule has 4 aromatic rings. The zero-order valence-electron chi connectivity index (χ0n) is 14.8. The van der Waals surface area contributed by atoms with Gasteiger partial charge in [-0.15, -0.1) is 11.3 Å². The van der Waals surface area contributed by atoms with Gasteiger partial charge in [-0.05, 0) is 47.8 Å². The van der Waals surface area contributed by atoms with Gasteiger partial charge in [-0.25, -0.2) is 9.37 Å². The first-order chi connectivity index (χ1) is 14.0. The molecule has 0 aliphatic rings. The Morgan fingerprint density at radius 1 is 1.17 bits per heavy atom. The topological polar surface area (TPSA) is 64.0 Å². The average Bonchev–Trinajstić information content (AvgIpc) is 3.18. The van der Waals surface area contributed by atoms with E-state index in [4.69, 9.17) is 0 Å². The molecule has 0 aliphatic heterocycles. The van der Waals surface area contributed by atoms with Crippen LogP contribution in [0.15, 0.2) is 74.4 Å². The summed E-state index contributed by atoms with van der Waals surface area (Å²) in [5, 5.41) is 4.81. The van der Waals surface area contributed by atoms with Crippen molar-refractivity contribution >= 4 is 60.8 Å². The minimum Gasteiger partial charge on any atom is -0.325 e. The van der Waals surface area contributed by atoms with Crippen molar-refractivity contribution in [3.05, 3.63) is 80.6 Å². The molecular weight excluding hydrogens is 477 g/mol. The van der Waals surface area contributed by atoms with Crippen LogP contribution in [0.2, 0.25) is 0 Å². The molecule has 0 radical (unpaired) electrons. The van der Waals surface area contributed by atoms with Crippen LogP contribution < -0.4 is 10.9 Å². The maximum atomic E-state index is 14.4. The third-order valence-electron chi connectivity index (χ3n) is 4.00. The Hall–Kier alpha value is -2.49. The SMILES string of the molecule is O=C(CSc1nc2ccsc2c(=O)n1-c1ccccc1F)Nc1ccc(Br)cc1. The van der Waals surface area contributed by atoms with Crippen molar-refractivity contribution in [2.75, 3.05) is 11.1 Å². The standard InChI is InChI=1S/C20H13BrFN3O2S2/c21-12-5-7-13(8-6-12)23-17(26)11-29-20-24-15-9-10-28-18(15)19(27)25(20)16-4-2-1-3-14(16)22/h1-10H,11H2,(H,23,26). The fourth-order valence-electron chi connectivity index (χ4n) is 2.69. The highest BCUT2D eigenvalue weighted by molar-refractivity contribution is 9.10. The minimum absolute atomic E-state index is 0.0204. The smallest absolute Gasteiger partial charge is 0.276 e. The maximum absolute atomic E-state index is 14.4. The predicted molar refractivity (Wildman–Crippen MR) is 119 cm³/mol. The van der Waals surface area contributed by atoms with Gasteiger partial charge in [0.1, 0.15) is 10.5 Å². The highest BCUT2D eigenvalue weighted by Crippen LogP contribution is 2.25. The number of aromatic nitrogens is 2. The summed E-state index contributed by atoms with van der Waals surface area (Å²) in [7, 11) is 0. The monoisotopic (exact) mass is 489 g/mol. The van der Waals surface area contributed by atoms with Gasteiger partial charge in [-0.1, -0.05) is 39.8 Å². The van der Waals surface area contributed by atoms with Gasteiger partial charge in [-0.2, -0.15) is 0 Å². The van der Waals surface area contributed by atoms with E-state index in [1.54, 1.807) is 35.7 Å². The number of rotatable bonds is 5. The van der Waals surface area contributed by atoms with Gasteiger partial charge in [0.15, 0.2) is 5.16 Å². The lowest BCUT2D eigenvalue weighted by atomic mass is 10.3. The number of hydrogen-bond donors (Lipinski definition) is 1. The number of thiophene rings is 1. The fraction of sp³-hybridized carbons (Fsp3) is 0.0500. The first-order valence-electron chi connectivity index (χ1n) is 8.46. The molecule has 9 heteroatoms. The van der Waals surface area contributed by atoms with E-state index in [1.807, 2.05) is 12.1 Å². The number of carbonyl (C=O) groups excluding carboxylic acids is 1. The lowest BCUT2D eigenvalue weighted by molar-refractivity contribution is -0.113. The van der Waals surface area contributed by atoms with Gasteiger partial charge in [0.05, 0.1) is 17.0 Å². The van der Waals surface area contributed by atoms with Crippen LogP contribution in [0.5, 0.6) is 0 Å². The van der Waals surface area contributed by atoms with E-state index in [0.29, 0.717) is 15.9 Å². The number of nitrogens with zero attached hydrogens (tertiary/aromatic N) is 2. The zero-order valence-corrected chi connectivity index (χ0v) is 18.0. The molecule has 2 aromatic carbocycles. The van der Waals surface area contributed by atoms with Crippen LogP contribution in [-0.2, 0) is 4.79 Å². The van der Waals surface area contributed by atoms with Crippen LogP contribution in [0, 0.1) is 5.82 Å². The molecule has 1 N–H and O–H groups in total. The fourth-order valence-corrected chi connectivity index (χ4v) is 4.52. The molecule has 2 heterocycles. The largest absolute Gasteiger partial charge is 0.325 e. The van der Waals surface area contributed by atoms with Crippen LogP contribution in [0.4, 0.5) is 10.1 Å². The number of nitrogens with one attached hydrogen (secondary N) is 1. The van der Waals surface area contributed by atoms with E-state index in [-0.39, 0.29) is 28.1 Å². The lowest BCUT2D eigenvalue weighted by Gasteiger charge is -2.12. The number of thioether (sulfide) groups is 1. The number of anilines is 1. The van der Waals surface area contributed by atoms with Crippen LogP contribution >= 0.6 is 39.0 Å². The van der Waals surface area contributed by atoms with Crippen LogP contribution in [0.25, 0.3) is 15.9 Å². The molecule has 0 saturated carbocycles. The Labute approximate surface area is 181 Å². The molecule has 4 rings (SSSR count). The number of fused-ring (bicyclic) bond motifs is 1. The summed E-state index contributed by atoms with van der Waals surface area (Å²) in [4.78, 5) is 29.8. The van der Waals surface area contributed by atoms with E-state index in [2.05, 4.69) is 26.2 Å². The molecule has 0 fully saturated rings. The highest BCUT2D eigenvalue weighted by atomic mass is 79.9. The maximum Gasteiger partial charge on any atom is 0.276 e. The summed E-state index contributed by atoms with van der Waals surface area (Å²) < 4.78 is 17.0. The second-order valence-corrected chi connectivity index (χ2v) is 8.74. The number of benzene rings is 2. The van der Waals surface area contributed by atoms with Crippen molar-refractivity contribution in [3.8, 4) is 5.69 Å². The number of para-hydroxylation sites is 1. The minimum atomic E-state index is -0.534. The van der Waals surface area contributed by atoms with E-state index in [1.165, 1.54) is 28.0 Å². The summed E-state index contributed by atoms with van der Waals surface area (Å²) in [6.45, 7) is 0. The van der Waals surface area contributed by atoms with E-state index < -0.39 is 5.82 Å². The Kier molecular flexibility index (Phi) is 5.79. The molecule has 146 valence electrons. The van der Waals surface area contributed by atoms with E-state index >= 15 is 0 Å². The molecule has 0 saturated heterocycles. The second kappa shape index (κ2) is 8.48. The van der Waals surface area contributed by atoms with Gasteiger partial charge in [0, 0.05) is 10.2 Å². The van der Waals surface area contributed by atoms with Crippen molar-refractivity contribution in [3.63, 3.8) is 0 Å². The summed E-state index contributed by atoms with van der Waals surface area (Å²) in [6, 6.07) is 14.9. The quantitative estimate of drug-likeness (QED) is 0.313. The molecule has 1 amide bonds. The van der Waals surface area contributed by atoms with Gasteiger partial charge in [0.25, 0.3) is 5.56 Å². The van der Waals surface area contributed by atoms with Crippen molar-refractivity contribution < 1.29 is 9.18 Å². The number of amides is 1. The third-order valence-corrected chi connectivity index (χ3v) is 6.36. The zero-order chi connectivity index (χ0) is 20.4. The number of carbonyl (C=O) groups is 1. The first kappa shape index (κ1) is 19.8. The van der Waals surface area contributed by atoms with Crippen molar-refractivity contribution in [1.29, 1.82) is 0 Å². The molecule has 0 spiro atoms. The Bertz CT molecular complexity index is 1250. The second-order valence-electron chi connectivity index (χ2n) is 5.97. The third kappa shape index (κ3) is 4.26. The molecule has 0 aliphatic carbocycles. The molecule has 0 atom stereocenters. The van der Waals surface area contributed by atoms with Crippen molar-refractivity contribution in [2.24, 2.45) is 0 Å². The number of hydrogen-bond acceptors (Lipinski definition) is 5. The predicted octanol–water partition coefficient (Wildman–Crippen LogP) is 5.08. The Balaban J connectivity index is 1.65. The van der Waals surface area contributed by atoms with E-state index in [0.717, 1.165) is 16.2 Å². The molecule has 2 aromatic heterocycles. The van der Waals surface area contributed by atoms with Crippen LogP contribution in [-0.4, -0.2) is 21.2 Å². The number of halogens is 2. The highest BCUT2D eigenvalue weighted by Gasteiger charge is 2.17. The average molecular weight is 490 g/mol. The molecule has 0 unspecified atom stereocenters. The van der Waals surface area contributed by atoms with Gasteiger partial charge >= 0.3 is 0 Å². The van der Waals surface area contributed by atoms with Crippen LogP contribution in [0.1, 0.15) is 0 Å². The molecular formula is C20H13BrFN3O2S2. The van der Waals surface area contributed by atoms with Crippen molar-refractivity contribution in [2.45, 2.75) is 5.16 Å². The Morgan fingerprint density at radius 2 is 1.93 bits per heavy atom. The lowest BCUT2D eigenvalue weighted by Crippen LogP contribution is -2.23. The molecule has 5 nitrogen and oxygen atoms in total. The van der Waals surface area contributed by atoms with Crippen molar-refractivity contribution in [1.82, 2.24) is 9.55 Å². The summed E-state index contributed by atoms with van der Waals surface area (Å²) in [6.07, 6.45) is 0. The van der Waals surface area contributed by atoms with Gasteiger partial charge in [-0.3, -0.25) is 14.2 Å². The van der Waals surface area contributed by atoms with E-state index in [9.17, 15) is 14.0 Å². The first-order valence-corrected chi connectivity index (χ1v) is 11.1. The summed E-state index contributed by atoms with van der Waals surface area (Å²) >= 11 is 5.68. The van der Waals surface area contributed by atoms with Gasteiger partial charge in [0.2, 0.25) is 5.91 Å². The summed E-state index contributed by atoms with van der Waals surface area (Å²) in [5.41, 5.74) is 0.942. The van der Waals surface area contributed by atoms with Gasteiger partial charge < -0.3 is 5.32 Å². The Morgan fingerprint density at radius 3 is 2.69 bits per heavy atom. The van der Waals surface area contributed by atoms with Crippen LogP contribution in [0.3, 0.4) is 0 Å². The normalized spacial score (nSPS) is 11.0. The summed E-state index contributed by atoms with van der Waals surface area (Å²) in [5.74, 6) is -0.766. The molecule has 29 heavy (non-hydrogen) atoms. The molecule has 0 bridgehead atoms.